The van der Waals surface area contributed by atoms with Gasteiger partial charge in [-0.25, -0.2) is 4.79 Å². The van der Waals surface area contributed by atoms with Gasteiger partial charge in [0, 0.05) is 6.07 Å². The minimum atomic E-state index is -1.08. The summed E-state index contributed by atoms with van der Waals surface area (Å²) in [6, 6.07) is 3.82. The van der Waals surface area contributed by atoms with Crippen molar-refractivity contribution >= 4 is 29.0 Å². The first-order chi connectivity index (χ1) is 5.65. The molecule has 1 aromatic carbocycles. The van der Waals surface area contributed by atoms with E-state index in [9.17, 15) is 4.79 Å². The minimum Gasteiger partial charge on any atom is -0.508 e. The average molecular weight is 280 g/mol. The summed E-state index contributed by atoms with van der Waals surface area (Å²) in [5.41, 5.74) is 0.0298. The fraction of sp³-hybridized carbons (Fsp3) is 0. The highest BCUT2D eigenvalue weighted by molar-refractivity contribution is 14.1. The summed E-state index contributed by atoms with van der Waals surface area (Å²) in [6.45, 7) is 0. The third kappa shape index (κ3) is 1.79. The lowest BCUT2D eigenvalue weighted by molar-refractivity contribution is 0.0695. The maximum Gasteiger partial charge on any atom is 0.339 e. The van der Waals surface area contributed by atoms with Crippen LogP contribution in [0.2, 0.25) is 0 Å². The van der Waals surface area contributed by atoms with E-state index in [1.807, 2.05) is 0 Å². The van der Waals surface area contributed by atoms with Gasteiger partial charge in [0.05, 0.1) is 0 Å². The molecular formula is C7H5IO4. The number of hydrogen-bond donors (Lipinski definition) is 2. The fourth-order valence-corrected chi connectivity index (χ4v) is 1.12. The molecule has 0 saturated heterocycles. The zero-order valence-electron chi connectivity index (χ0n) is 5.82. The van der Waals surface area contributed by atoms with E-state index >= 15 is 0 Å². The monoisotopic (exact) mass is 280 g/mol. The van der Waals surface area contributed by atoms with Crippen molar-refractivity contribution in [1.29, 1.82) is 0 Å². The molecule has 0 aliphatic heterocycles. The molecule has 0 aromatic heterocycles. The van der Waals surface area contributed by atoms with Gasteiger partial charge < -0.3 is 13.3 Å². The summed E-state index contributed by atoms with van der Waals surface area (Å²) >= 11 is 1.55. The van der Waals surface area contributed by atoms with E-state index in [1.54, 1.807) is 23.0 Å². The number of rotatable bonds is 2. The third-order valence-corrected chi connectivity index (χ3v) is 1.75. The van der Waals surface area contributed by atoms with Crippen molar-refractivity contribution in [3.8, 4) is 11.5 Å². The highest BCUT2D eigenvalue weighted by Crippen LogP contribution is 2.25. The molecule has 0 spiro atoms. The molecule has 12 heavy (non-hydrogen) atoms. The number of carbonyl (C=O) groups is 1. The zero-order chi connectivity index (χ0) is 9.14. The maximum atomic E-state index is 10.5. The Morgan fingerprint density at radius 3 is 2.67 bits per heavy atom. The number of carboxylic acids is 1. The Morgan fingerprint density at radius 1 is 1.50 bits per heavy atom. The van der Waals surface area contributed by atoms with E-state index in [4.69, 9.17) is 13.3 Å². The van der Waals surface area contributed by atoms with Gasteiger partial charge in [0.25, 0.3) is 0 Å². The van der Waals surface area contributed by atoms with Crippen LogP contribution in [0.3, 0.4) is 0 Å². The molecule has 0 atom stereocenters. The molecule has 64 valence electrons. The molecule has 0 amide bonds. The Morgan fingerprint density at radius 2 is 2.17 bits per heavy atom. The van der Waals surface area contributed by atoms with Gasteiger partial charge in [-0.05, 0) is 12.1 Å². The average Bonchev–Trinajstić information content (AvgIpc) is 2.03. The van der Waals surface area contributed by atoms with Crippen LogP contribution >= 0.6 is 23.0 Å². The lowest BCUT2D eigenvalue weighted by atomic mass is 10.2. The number of phenols is 1. The molecule has 0 radical (unpaired) electrons. The molecule has 0 heterocycles. The summed E-state index contributed by atoms with van der Waals surface area (Å²) < 4.78 is 4.72. The summed E-state index contributed by atoms with van der Waals surface area (Å²) in [4.78, 5) is 10.5. The van der Waals surface area contributed by atoms with Crippen LogP contribution < -0.4 is 3.07 Å². The number of halogens is 1. The van der Waals surface area contributed by atoms with Crippen molar-refractivity contribution in [2.75, 3.05) is 0 Å². The van der Waals surface area contributed by atoms with Crippen LogP contribution in [-0.4, -0.2) is 16.2 Å². The van der Waals surface area contributed by atoms with Crippen LogP contribution in [0.5, 0.6) is 11.5 Å². The van der Waals surface area contributed by atoms with Crippen molar-refractivity contribution in [3.05, 3.63) is 23.8 Å². The van der Waals surface area contributed by atoms with E-state index in [0.29, 0.717) is 0 Å². The molecule has 1 rings (SSSR count). The Bertz CT molecular complexity index is 310. The number of carboxylic acid groups (broad SMARTS) is 1. The zero-order valence-corrected chi connectivity index (χ0v) is 7.98. The van der Waals surface area contributed by atoms with Crippen LogP contribution in [0.25, 0.3) is 0 Å². The largest absolute Gasteiger partial charge is 0.508 e. The number of aromatic hydroxyl groups is 1. The van der Waals surface area contributed by atoms with E-state index in [2.05, 4.69) is 0 Å². The fourth-order valence-electron chi connectivity index (χ4n) is 0.752. The van der Waals surface area contributed by atoms with Crippen molar-refractivity contribution in [3.63, 3.8) is 0 Å². The summed E-state index contributed by atoms with van der Waals surface area (Å²) in [7, 11) is 0. The molecule has 0 saturated carbocycles. The molecule has 0 aliphatic carbocycles. The van der Waals surface area contributed by atoms with Crippen LogP contribution in [0.15, 0.2) is 18.2 Å². The molecule has 0 fully saturated rings. The molecule has 1 aromatic rings. The van der Waals surface area contributed by atoms with Crippen molar-refractivity contribution in [2.45, 2.75) is 0 Å². The second-order valence-corrected chi connectivity index (χ2v) is 2.50. The third-order valence-electron chi connectivity index (χ3n) is 1.28. The Kier molecular flexibility index (Phi) is 2.74. The van der Waals surface area contributed by atoms with E-state index in [-0.39, 0.29) is 17.1 Å². The predicted octanol–water partition coefficient (Wildman–Crippen LogP) is 1.82. The quantitative estimate of drug-likeness (QED) is 0.811. The van der Waals surface area contributed by atoms with E-state index in [0.717, 1.165) is 0 Å². The molecule has 4 nitrogen and oxygen atoms in total. The number of phenolic OH excluding ortho intramolecular Hbond substituents is 1. The summed E-state index contributed by atoms with van der Waals surface area (Å²) in [6.07, 6.45) is 0. The second kappa shape index (κ2) is 3.61. The van der Waals surface area contributed by atoms with E-state index in [1.165, 1.54) is 18.2 Å². The van der Waals surface area contributed by atoms with Gasteiger partial charge in [-0.15, -0.1) is 0 Å². The van der Waals surface area contributed by atoms with Gasteiger partial charge in [0.15, 0.2) is 28.8 Å². The van der Waals surface area contributed by atoms with E-state index < -0.39 is 5.97 Å². The Balaban J connectivity index is 3.20. The molecular weight excluding hydrogens is 275 g/mol. The van der Waals surface area contributed by atoms with Gasteiger partial charge in [-0.1, -0.05) is 0 Å². The number of aromatic carboxylic acids is 1. The maximum absolute atomic E-state index is 10.5. The summed E-state index contributed by atoms with van der Waals surface area (Å²) in [5, 5.41) is 17.6. The van der Waals surface area contributed by atoms with Gasteiger partial charge in [-0.3, -0.25) is 0 Å². The Labute approximate surface area is 82.5 Å². The smallest absolute Gasteiger partial charge is 0.339 e. The van der Waals surface area contributed by atoms with Crippen LogP contribution in [0, 0.1) is 0 Å². The number of hydrogen-bond acceptors (Lipinski definition) is 3. The number of benzene rings is 1. The van der Waals surface area contributed by atoms with Gasteiger partial charge in [0.2, 0.25) is 0 Å². The van der Waals surface area contributed by atoms with Gasteiger partial charge in [0.1, 0.15) is 11.3 Å². The molecule has 2 N–H and O–H groups in total. The molecule has 5 heteroatoms. The minimum absolute atomic E-state index is 0.0216. The van der Waals surface area contributed by atoms with Gasteiger partial charge in [-0.2, -0.15) is 0 Å². The molecule has 0 bridgehead atoms. The first-order valence-electron chi connectivity index (χ1n) is 3.00. The standard InChI is InChI=1S/C7H5IO4/c8-12-6-3-4(9)1-2-5(6)7(10)11/h1-3,9H,(H,10,11). The topological polar surface area (TPSA) is 66.8 Å². The lowest BCUT2D eigenvalue weighted by Crippen LogP contribution is -1.97. The molecule has 0 unspecified atom stereocenters. The van der Waals surface area contributed by atoms with Crippen LogP contribution in [0.1, 0.15) is 10.4 Å². The normalized spacial score (nSPS) is 9.42. The second-order valence-electron chi connectivity index (χ2n) is 2.06. The highest BCUT2D eigenvalue weighted by Gasteiger charge is 2.10. The van der Waals surface area contributed by atoms with Gasteiger partial charge >= 0.3 is 5.97 Å². The highest BCUT2D eigenvalue weighted by atomic mass is 127. The van der Waals surface area contributed by atoms with Crippen molar-refractivity contribution < 1.29 is 18.1 Å². The summed E-state index contributed by atoms with van der Waals surface area (Å²) in [5.74, 6) is -0.962. The SMILES string of the molecule is O=C(O)c1ccc(O)cc1OI. The van der Waals surface area contributed by atoms with Crippen molar-refractivity contribution in [2.24, 2.45) is 0 Å². The predicted molar refractivity (Wildman–Crippen MR) is 49.7 cm³/mol. The van der Waals surface area contributed by atoms with Crippen LogP contribution in [-0.2, 0) is 0 Å². The first-order valence-corrected chi connectivity index (χ1v) is 3.88. The van der Waals surface area contributed by atoms with Crippen molar-refractivity contribution in [1.82, 2.24) is 0 Å². The molecule has 0 aliphatic rings. The van der Waals surface area contributed by atoms with Crippen LogP contribution in [0.4, 0.5) is 0 Å². The first kappa shape index (κ1) is 9.11. The lowest BCUT2D eigenvalue weighted by Gasteiger charge is -2.01. The Hall–Kier alpha value is -0.980.